The van der Waals surface area contributed by atoms with Gasteiger partial charge in [-0.2, -0.15) is 0 Å². The maximum Gasteiger partial charge on any atom is 0.269 e. The van der Waals surface area contributed by atoms with Gasteiger partial charge in [-0.3, -0.25) is 28.9 Å². The molecule has 1 aromatic rings. The Balaban J connectivity index is -0.0000000526. The third-order valence-corrected chi connectivity index (χ3v) is 0.967. The van der Waals surface area contributed by atoms with Gasteiger partial charge in [-0.05, 0) is 0 Å². The average molecular weight is 231 g/mol. The Bertz CT molecular complexity index is 257. The quantitative estimate of drug-likeness (QED) is 0.320. The van der Waals surface area contributed by atoms with Crippen LogP contribution in [0.4, 0.5) is 24.5 Å². The second kappa shape index (κ2) is 17.7. The summed E-state index contributed by atoms with van der Waals surface area (Å²) >= 11 is 0. The van der Waals surface area contributed by atoms with Crippen LogP contribution < -0.4 is 0 Å². The van der Waals surface area contributed by atoms with Crippen LogP contribution in [0.15, 0.2) is 30.3 Å². The molecule has 9 heteroatoms. The second-order valence-corrected chi connectivity index (χ2v) is 1.59. The molecule has 0 radical (unpaired) electrons. The predicted octanol–water partition coefficient (Wildman–Crippen LogP) is 2.23. The van der Waals surface area contributed by atoms with Gasteiger partial charge in [0.05, 0.1) is 4.92 Å². The molecule has 0 spiro atoms. The SMILES string of the molecule is F.F.F.F.N#N.O=[N+]([O-])c1ccccc1. The van der Waals surface area contributed by atoms with Crippen molar-refractivity contribution in [1.29, 1.82) is 10.8 Å². The van der Waals surface area contributed by atoms with E-state index >= 15 is 0 Å². The minimum absolute atomic E-state index is 0. The molecule has 0 saturated carbocycles. The fraction of sp³-hybridized carbons (Fsp3) is 0. The molecule has 1 rings (SSSR count). The summed E-state index contributed by atoms with van der Waals surface area (Å²) in [5.41, 5.74) is 0.137. The Morgan fingerprint density at radius 1 is 0.933 bits per heavy atom. The molecule has 5 nitrogen and oxygen atoms in total. The van der Waals surface area contributed by atoms with Crippen molar-refractivity contribution in [3.63, 3.8) is 0 Å². The molecule has 0 heterocycles. The maximum atomic E-state index is 10.0. The van der Waals surface area contributed by atoms with E-state index in [9.17, 15) is 10.1 Å². The Hall–Kier alpha value is -2.24. The lowest BCUT2D eigenvalue weighted by Gasteiger charge is -1.85. The summed E-state index contributed by atoms with van der Waals surface area (Å²) in [5, 5.41) is 22.0. The van der Waals surface area contributed by atoms with E-state index in [4.69, 9.17) is 10.8 Å². The highest BCUT2D eigenvalue weighted by Gasteiger charge is 1.98. The van der Waals surface area contributed by atoms with Gasteiger partial charge in [-0.1, -0.05) is 18.2 Å². The Morgan fingerprint density at radius 2 is 1.27 bits per heavy atom. The van der Waals surface area contributed by atoms with E-state index in [0.29, 0.717) is 0 Å². The smallest absolute Gasteiger partial charge is 0.269 e. The zero-order chi connectivity index (χ0) is 8.69. The molecular formula is C6H9F4N3O2. The van der Waals surface area contributed by atoms with E-state index in [2.05, 4.69) is 0 Å². The Kier molecular flexibility index (Phi) is 34.7. The molecule has 0 aromatic heterocycles. The second-order valence-electron chi connectivity index (χ2n) is 1.59. The van der Waals surface area contributed by atoms with E-state index in [-0.39, 0.29) is 24.5 Å². The first-order valence-electron chi connectivity index (χ1n) is 2.70. The van der Waals surface area contributed by atoms with Crippen molar-refractivity contribution < 1.29 is 23.7 Å². The summed E-state index contributed by atoms with van der Waals surface area (Å²) in [6.07, 6.45) is 0. The molecule has 88 valence electrons. The van der Waals surface area contributed by atoms with Crippen LogP contribution in [-0.4, -0.2) is 4.92 Å². The van der Waals surface area contributed by atoms with Gasteiger partial charge in [-0.15, -0.1) is 0 Å². The van der Waals surface area contributed by atoms with Gasteiger partial charge in [0.2, 0.25) is 0 Å². The standard InChI is InChI=1S/C6H5NO2.4FH.N2/c8-7(9)6-4-2-1-3-5-6;;;;;1-2/h1-5H;4*1H;. The first-order chi connectivity index (χ1) is 5.30. The van der Waals surface area contributed by atoms with Crippen molar-refractivity contribution in [3.8, 4) is 0 Å². The van der Waals surface area contributed by atoms with Crippen molar-refractivity contribution in [1.82, 2.24) is 0 Å². The minimum atomic E-state index is -0.417. The number of hydrogen-bond donors (Lipinski definition) is 0. The van der Waals surface area contributed by atoms with Crippen LogP contribution in [0.2, 0.25) is 0 Å². The fourth-order valence-corrected chi connectivity index (χ4v) is 0.550. The van der Waals surface area contributed by atoms with E-state index in [0.717, 1.165) is 0 Å². The maximum absolute atomic E-state index is 10.0. The summed E-state index contributed by atoms with van der Waals surface area (Å²) in [4.78, 5) is 9.59. The number of halogens is 4. The van der Waals surface area contributed by atoms with Gasteiger partial charge < -0.3 is 0 Å². The number of nitro groups is 1. The van der Waals surface area contributed by atoms with Gasteiger partial charge in [0.15, 0.2) is 0 Å². The first kappa shape index (κ1) is 29.3. The number of hydrogen-bond acceptors (Lipinski definition) is 4. The normalized spacial score (nSPS) is 5.47. The molecule has 0 fully saturated rings. The predicted molar refractivity (Wildman–Crippen MR) is 46.6 cm³/mol. The molecule has 0 aliphatic heterocycles. The van der Waals surface area contributed by atoms with Crippen LogP contribution in [0.3, 0.4) is 0 Å². The topological polar surface area (TPSA) is 90.7 Å². The highest BCUT2D eigenvalue weighted by Crippen LogP contribution is 2.06. The fourth-order valence-electron chi connectivity index (χ4n) is 0.550. The molecular weight excluding hydrogens is 222 g/mol. The van der Waals surface area contributed by atoms with E-state index in [1.54, 1.807) is 18.2 Å². The lowest BCUT2D eigenvalue weighted by Crippen LogP contribution is -1.84. The minimum Gasteiger partial charge on any atom is -0.269 e. The van der Waals surface area contributed by atoms with Crippen LogP contribution in [0.5, 0.6) is 0 Å². The van der Waals surface area contributed by atoms with Crippen LogP contribution in [0, 0.1) is 20.9 Å². The van der Waals surface area contributed by atoms with Crippen LogP contribution in [-0.2, 0) is 0 Å². The van der Waals surface area contributed by atoms with Gasteiger partial charge >= 0.3 is 0 Å². The van der Waals surface area contributed by atoms with Crippen molar-refractivity contribution in [2.45, 2.75) is 0 Å². The molecule has 0 bridgehead atoms. The van der Waals surface area contributed by atoms with Crippen molar-refractivity contribution in [2.24, 2.45) is 0 Å². The highest BCUT2D eigenvalue weighted by molar-refractivity contribution is 5.27. The van der Waals surface area contributed by atoms with Gasteiger partial charge in [-0.25, -0.2) is 0 Å². The van der Waals surface area contributed by atoms with E-state index in [1.165, 1.54) is 12.1 Å². The number of benzene rings is 1. The van der Waals surface area contributed by atoms with Crippen LogP contribution in [0.1, 0.15) is 0 Å². The molecule has 1 aromatic carbocycles. The summed E-state index contributed by atoms with van der Waals surface area (Å²) in [5.74, 6) is 0. The Morgan fingerprint density at radius 3 is 1.47 bits per heavy atom. The number of nitro benzene ring substituents is 1. The molecule has 0 atom stereocenters. The summed E-state index contributed by atoms with van der Waals surface area (Å²) < 4.78 is 0. The van der Waals surface area contributed by atoms with E-state index in [1.807, 2.05) is 0 Å². The average Bonchev–Trinajstić information content (AvgIpc) is 2.10. The Labute approximate surface area is 81.8 Å². The highest BCUT2D eigenvalue weighted by atomic mass is 19.0. The van der Waals surface area contributed by atoms with Crippen LogP contribution in [0.25, 0.3) is 0 Å². The zero-order valence-electron chi connectivity index (χ0n) is 7.18. The van der Waals surface area contributed by atoms with Gasteiger partial charge in [0, 0.05) is 22.9 Å². The molecule has 0 unspecified atom stereocenters. The number of nitrogens with zero attached hydrogens (tertiary/aromatic N) is 3. The summed E-state index contributed by atoms with van der Waals surface area (Å²) in [6, 6.07) is 7.93. The number of rotatable bonds is 1. The number of para-hydroxylation sites is 1. The molecule has 0 N–H and O–H groups in total. The van der Waals surface area contributed by atoms with Crippen LogP contribution >= 0.6 is 0 Å². The number of non-ortho nitro benzene ring substituents is 1. The van der Waals surface area contributed by atoms with Crippen molar-refractivity contribution in [2.75, 3.05) is 0 Å². The molecule has 0 saturated heterocycles. The lowest BCUT2D eigenvalue weighted by molar-refractivity contribution is -0.384. The first-order valence-corrected chi connectivity index (χ1v) is 2.70. The molecule has 15 heavy (non-hydrogen) atoms. The zero-order valence-corrected chi connectivity index (χ0v) is 7.18. The van der Waals surface area contributed by atoms with Gasteiger partial charge in [0.1, 0.15) is 0 Å². The van der Waals surface area contributed by atoms with Crippen molar-refractivity contribution >= 4 is 5.69 Å². The largest absolute Gasteiger partial charge is 0.269 e. The third kappa shape index (κ3) is 11.8. The van der Waals surface area contributed by atoms with E-state index < -0.39 is 4.92 Å². The molecule has 0 amide bonds. The summed E-state index contributed by atoms with van der Waals surface area (Å²) in [6.45, 7) is 0. The van der Waals surface area contributed by atoms with Gasteiger partial charge in [0.25, 0.3) is 5.69 Å². The third-order valence-electron chi connectivity index (χ3n) is 0.967. The van der Waals surface area contributed by atoms with Crippen molar-refractivity contribution in [3.05, 3.63) is 40.4 Å². The lowest BCUT2D eigenvalue weighted by atomic mass is 10.3. The monoisotopic (exact) mass is 231 g/mol. The summed E-state index contributed by atoms with van der Waals surface area (Å²) in [7, 11) is 0. The molecule has 0 aliphatic rings. The molecule has 0 aliphatic carbocycles.